The highest BCUT2D eigenvalue weighted by molar-refractivity contribution is 7.71. The van der Waals surface area contributed by atoms with Crippen LogP contribution < -0.4 is 5.32 Å². The predicted octanol–water partition coefficient (Wildman–Crippen LogP) is 1.53. The van der Waals surface area contributed by atoms with Gasteiger partial charge in [0.2, 0.25) is 0 Å². The van der Waals surface area contributed by atoms with E-state index in [1.165, 1.54) is 19.3 Å². The first-order chi connectivity index (χ1) is 7.27. The molecule has 1 aromatic rings. The highest BCUT2D eigenvalue weighted by Crippen LogP contribution is 2.17. The SMILES string of the molecule is O=C(NC1CCCCC1)c1n[nH][nH]c1=S. The van der Waals surface area contributed by atoms with Crippen molar-refractivity contribution in [3.63, 3.8) is 0 Å². The molecule has 82 valence electrons. The van der Waals surface area contributed by atoms with Crippen LogP contribution in [0.5, 0.6) is 0 Å². The smallest absolute Gasteiger partial charge is 0.275 e. The molecule has 1 heterocycles. The van der Waals surface area contributed by atoms with Crippen LogP contribution in [0.3, 0.4) is 0 Å². The van der Waals surface area contributed by atoms with E-state index in [-0.39, 0.29) is 17.6 Å². The molecular weight excluding hydrogens is 212 g/mol. The number of nitrogens with one attached hydrogen (secondary N) is 3. The fraction of sp³-hybridized carbons (Fsp3) is 0.667. The number of amides is 1. The highest BCUT2D eigenvalue weighted by Gasteiger charge is 2.18. The minimum Gasteiger partial charge on any atom is -0.348 e. The van der Waals surface area contributed by atoms with E-state index in [9.17, 15) is 4.79 Å². The molecule has 1 amide bonds. The zero-order valence-electron chi connectivity index (χ0n) is 8.38. The Morgan fingerprint density at radius 1 is 1.40 bits per heavy atom. The lowest BCUT2D eigenvalue weighted by molar-refractivity contribution is 0.0922. The summed E-state index contributed by atoms with van der Waals surface area (Å²) in [5.74, 6) is -0.176. The number of nitrogens with zero attached hydrogens (tertiary/aromatic N) is 1. The van der Waals surface area contributed by atoms with Crippen LogP contribution in [-0.4, -0.2) is 27.4 Å². The van der Waals surface area contributed by atoms with Gasteiger partial charge in [0.25, 0.3) is 5.91 Å². The third kappa shape index (κ3) is 2.44. The van der Waals surface area contributed by atoms with E-state index >= 15 is 0 Å². The zero-order chi connectivity index (χ0) is 10.7. The Morgan fingerprint density at radius 2 is 2.13 bits per heavy atom. The van der Waals surface area contributed by atoms with Crippen molar-refractivity contribution < 1.29 is 4.79 Å². The van der Waals surface area contributed by atoms with Gasteiger partial charge in [-0.1, -0.05) is 31.5 Å². The molecule has 5 nitrogen and oxygen atoms in total. The first-order valence-corrected chi connectivity index (χ1v) is 5.62. The van der Waals surface area contributed by atoms with Crippen LogP contribution in [0.4, 0.5) is 0 Å². The van der Waals surface area contributed by atoms with Crippen molar-refractivity contribution >= 4 is 18.1 Å². The van der Waals surface area contributed by atoms with E-state index in [0.717, 1.165) is 12.8 Å². The van der Waals surface area contributed by atoms with Crippen molar-refractivity contribution in [1.29, 1.82) is 0 Å². The summed E-state index contributed by atoms with van der Waals surface area (Å²) in [5.41, 5.74) is 0.288. The van der Waals surface area contributed by atoms with Crippen molar-refractivity contribution in [2.75, 3.05) is 0 Å². The van der Waals surface area contributed by atoms with Crippen LogP contribution in [0.25, 0.3) is 0 Å². The number of aromatic amines is 2. The first-order valence-electron chi connectivity index (χ1n) is 5.21. The van der Waals surface area contributed by atoms with Crippen LogP contribution in [0.2, 0.25) is 0 Å². The third-order valence-electron chi connectivity index (χ3n) is 2.71. The van der Waals surface area contributed by atoms with E-state index in [4.69, 9.17) is 12.2 Å². The normalized spacial score (nSPS) is 17.6. The molecule has 0 bridgehead atoms. The van der Waals surface area contributed by atoms with E-state index in [1.54, 1.807) is 0 Å². The lowest BCUT2D eigenvalue weighted by atomic mass is 9.95. The monoisotopic (exact) mass is 226 g/mol. The Hall–Kier alpha value is -1.17. The third-order valence-corrected chi connectivity index (χ3v) is 3.00. The van der Waals surface area contributed by atoms with Crippen molar-refractivity contribution in [2.24, 2.45) is 0 Å². The standard InChI is InChI=1S/C9H14N4OS/c14-8(7-9(15)12-13-11-7)10-6-4-2-1-3-5-6/h6H,1-5H2,(H,10,14)(H2,11,12,13,15). The molecular formula is C9H14N4OS. The number of rotatable bonds is 2. The summed E-state index contributed by atoms with van der Waals surface area (Å²) >= 11 is 4.92. The fourth-order valence-electron chi connectivity index (χ4n) is 1.90. The van der Waals surface area contributed by atoms with Gasteiger partial charge in [-0.15, -0.1) is 0 Å². The van der Waals surface area contributed by atoms with E-state index in [1.807, 2.05) is 0 Å². The number of carbonyl (C=O) groups excluding carboxylic acids is 1. The number of carbonyl (C=O) groups is 1. The van der Waals surface area contributed by atoms with E-state index in [0.29, 0.717) is 4.64 Å². The minimum atomic E-state index is -0.176. The van der Waals surface area contributed by atoms with Gasteiger partial charge in [-0.2, -0.15) is 5.10 Å². The highest BCUT2D eigenvalue weighted by atomic mass is 32.1. The molecule has 15 heavy (non-hydrogen) atoms. The largest absolute Gasteiger partial charge is 0.348 e. The average molecular weight is 226 g/mol. The van der Waals surface area contributed by atoms with Gasteiger partial charge in [-0.3, -0.25) is 9.89 Å². The van der Waals surface area contributed by atoms with E-state index < -0.39 is 0 Å². The molecule has 0 spiro atoms. The Balaban J connectivity index is 1.97. The topological polar surface area (TPSA) is 73.6 Å². The number of hydrogen-bond donors (Lipinski definition) is 3. The Kier molecular flexibility index (Phi) is 3.15. The van der Waals surface area contributed by atoms with E-state index in [2.05, 4.69) is 20.7 Å². The molecule has 0 aromatic carbocycles. The number of H-pyrrole nitrogens is 2. The maximum atomic E-state index is 11.7. The Labute approximate surface area is 92.6 Å². The lowest BCUT2D eigenvalue weighted by Gasteiger charge is -2.22. The van der Waals surface area contributed by atoms with Crippen molar-refractivity contribution in [3.05, 3.63) is 10.3 Å². The summed E-state index contributed by atoms with van der Waals surface area (Å²) in [4.78, 5) is 11.7. The summed E-state index contributed by atoms with van der Waals surface area (Å²) in [6, 6.07) is 0.289. The summed E-state index contributed by atoms with van der Waals surface area (Å²) < 4.78 is 0.364. The molecule has 1 aliphatic rings. The summed E-state index contributed by atoms with van der Waals surface area (Å²) in [6.45, 7) is 0. The van der Waals surface area contributed by atoms with Gasteiger partial charge in [0.15, 0.2) is 10.3 Å². The second-order valence-electron chi connectivity index (χ2n) is 3.83. The zero-order valence-corrected chi connectivity index (χ0v) is 9.19. The number of hydrogen-bond acceptors (Lipinski definition) is 3. The molecule has 1 saturated carbocycles. The molecule has 1 aromatic heterocycles. The van der Waals surface area contributed by atoms with Gasteiger partial charge in [0, 0.05) is 6.04 Å². The Morgan fingerprint density at radius 3 is 2.73 bits per heavy atom. The molecule has 1 fully saturated rings. The van der Waals surface area contributed by atoms with Gasteiger partial charge < -0.3 is 5.32 Å². The van der Waals surface area contributed by atoms with Crippen LogP contribution in [0.15, 0.2) is 0 Å². The van der Waals surface area contributed by atoms with Crippen molar-refractivity contribution in [2.45, 2.75) is 38.1 Å². The quantitative estimate of drug-likeness (QED) is 0.669. The maximum absolute atomic E-state index is 11.7. The molecule has 3 N–H and O–H groups in total. The van der Waals surface area contributed by atoms with Gasteiger partial charge in [-0.05, 0) is 12.8 Å². The van der Waals surface area contributed by atoms with Gasteiger partial charge in [-0.25, -0.2) is 5.21 Å². The second kappa shape index (κ2) is 4.57. The van der Waals surface area contributed by atoms with Crippen LogP contribution in [0, 0.1) is 4.64 Å². The molecule has 0 atom stereocenters. The molecule has 0 saturated heterocycles. The molecule has 0 radical (unpaired) electrons. The lowest BCUT2D eigenvalue weighted by Crippen LogP contribution is -2.36. The minimum absolute atomic E-state index is 0.176. The fourth-order valence-corrected chi connectivity index (χ4v) is 2.08. The van der Waals surface area contributed by atoms with Gasteiger partial charge >= 0.3 is 0 Å². The van der Waals surface area contributed by atoms with Crippen molar-refractivity contribution in [1.82, 2.24) is 20.7 Å². The van der Waals surface area contributed by atoms with Crippen molar-refractivity contribution in [3.8, 4) is 0 Å². The number of aromatic nitrogens is 3. The molecule has 0 unspecified atom stereocenters. The maximum Gasteiger partial charge on any atom is 0.275 e. The van der Waals surface area contributed by atoms with Gasteiger partial charge in [0.1, 0.15) is 0 Å². The average Bonchev–Trinajstić information content (AvgIpc) is 2.66. The molecule has 1 aliphatic carbocycles. The second-order valence-corrected chi connectivity index (χ2v) is 4.24. The molecule has 0 aliphatic heterocycles. The molecule has 2 rings (SSSR count). The van der Waals surface area contributed by atoms with Crippen LogP contribution in [-0.2, 0) is 0 Å². The summed E-state index contributed by atoms with van der Waals surface area (Å²) in [7, 11) is 0. The summed E-state index contributed by atoms with van der Waals surface area (Å²) in [6.07, 6.45) is 5.78. The Bertz CT molecular complexity index is 391. The van der Waals surface area contributed by atoms with Crippen LogP contribution >= 0.6 is 12.2 Å². The molecule has 6 heteroatoms. The predicted molar refractivity (Wildman–Crippen MR) is 58.1 cm³/mol. The van der Waals surface area contributed by atoms with Gasteiger partial charge in [0.05, 0.1) is 0 Å². The van der Waals surface area contributed by atoms with Crippen LogP contribution in [0.1, 0.15) is 42.6 Å². The first kappa shape index (κ1) is 10.4. The summed E-state index contributed by atoms with van der Waals surface area (Å²) in [5, 5.41) is 11.8.